The van der Waals surface area contributed by atoms with E-state index >= 15 is 0 Å². The van der Waals surface area contributed by atoms with E-state index in [1.165, 1.54) is 0 Å². The summed E-state index contributed by atoms with van der Waals surface area (Å²) in [6.45, 7) is 5.34. The van der Waals surface area contributed by atoms with Crippen LogP contribution < -0.4 is 5.32 Å². The fraction of sp³-hybridized carbons (Fsp3) is 0.545. The number of hydrogen-bond donors (Lipinski definition) is 1. The van der Waals surface area contributed by atoms with Gasteiger partial charge in [0.1, 0.15) is 5.78 Å². The molecular formula is C11H16BrNO. The van der Waals surface area contributed by atoms with Crippen molar-refractivity contribution in [2.24, 2.45) is 0 Å². The zero-order valence-corrected chi connectivity index (χ0v) is 10.0. The van der Waals surface area contributed by atoms with Gasteiger partial charge in [0.2, 0.25) is 0 Å². The maximum absolute atomic E-state index is 11.0. The Kier molecular flexibility index (Phi) is 4.55. The maximum atomic E-state index is 11.0. The van der Waals surface area contributed by atoms with Crippen LogP contribution in [0.2, 0.25) is 0 Å². The van der Waals surface area contributed by atoms with E-state index in [0.29, 0.717) is 12.5 Å². The van der Waals surface area contributed by atoms with Crippen LogP contribution in [-0.2, 0) is 4.79 Å². The van der Waals surface area contributed by atoms with E-state index in [9.17, 15) is 4.79 Å². The third-order valence-electron chi connectivity index (χ3n) is 2.31. The normalized spacial score (nSPS) is 26.9. The summed E-state index contributed by atoms with van der Waals surface area (Å²) in [7, 11) is 0. The number of carbonyl (C=O) groups excluding carboxylic acids is 1. The second-order valence-electron chi connectivity index (χ2n) is 3.67. The summed E-state index contributed by atoms with van der Waals surface area (Å²) in [5.41, 5.74) is 0. The van der Waals surface area contributed by atoms with Crippen molar-refractivity contribution in [2.75, 3.05) is 0 Å². The van der Waals surface area contributed by atoms with Crippen LogP contribution in [0.15, 0.2) is 23.2 Å². The second-order valence-corrected chi connectivity index (χ2v) is 4.59. The van der Waals surface area contributed by atoms with Crippen molar-refractivity contribution in [2.45, 2.75) is 38.3 Å². The van der Waals surface area contributed by atoms with Crippen molar-refractivity contribution in [3.8, 4) is 0 Å². The second kappa shape index (κ2) is 5.47. The van der Waals surface area contributed by atoms with Crippen molar-refractivity contribution >= 4 is 21.7 Å². The van der Waals surface area contributed by atoms with Gasteiger partial charge in [0, 0.05) is 23.0 Å². The molecule has 1 aliphatic heterocycles. The van der Waals surface area contributed by atoms with E-state index in [4.69, 9.17) is 0 Å². The van der Waals surface area contributed by atoms with Crippen molar-refractivity contribution < 1.29 is 4.79 Å². The average molecular weight is 258 g/mol. The van der Waals surface area contributed by atoms with Crippen LogP contribution in [0.4, 0.5) is 0 Å². The predicted molar refractivity (Wildman–Crippen MR) is 62.5 cm³/mol. The molecule has 0 spiro atoms. The highest BCUT2D eigenvalue weighted by atomic mass is 79.9. The lowest BCUT2D eigenvalue weighted by Gasteiger charge is -2.28. The minimum Gasteiger partial charge on any atom is -0.306 e. The van der Waals surface area contributed by atoms with Crippen LogP contribution in [0, 0.1) is 0 Å². The molecule has 0 aliphatic carbocycles. The molecule has 0 aromatic carbocycles. The highest BCUT2D eigenvalue weighted by molar-refractivity contribution is 9.11. The quantitative estimate of drug-likeness (QED) is 0.785. The molecule has 0 aromatic rings. The van der Waals surface area contributed by atoms with Gasteiger partial charge in [0.25, 0.3) is 0 Å². The minimum absolute atomic E-state index is 0.159. The molecule has 0 bridgehead atoms. The van der Waals surface area contributed by atoms with Crippen LogP contribution in [-0.4, -0.2) is 17.9 Å². The van der Waals surface area contributed by atoms with Gasteiger partial charge >= 0.3 is 0 Å². The van der Waals surface area contributed by atoms with Gasteiger partial charge < -0.3 is 5.32 Å². The predicted octanol–water partition coefficient (Wildman–Crippen LogP) is 2.55. The van der Waals surface area contributed by atoms with Crippen LogP contribution in [0.1, 0.15) is 26.2 Å². The monoisotopic (exact) mass is 257 g/mol. The van der Waals surface area contributed by atoms with Crippen molar-refractivity contribution in [3.05, 3.63) is 23.2 Å². The molecule has 14 heavy (non-hydrogen) atoms. The molecule has 0 aromatic heterocycles. The first-order valence-electron chi connectivity index (χ1n) is 4.85. The lowest BCUT2D eigenvalue weighted by atomic mass is 10.0. The number of hydrogen-bond acceptors (Lipinski definition) is 2. The Hall–Kier alpha value is -0.410. The van der Waals surface area contributed by atoms with E-state index in [0.717, 1.165) is 17.3 Å². The molecule has 78 valence electrons. The van der Waals surface area contributed by atoms with Crippen LogP contribution in [0.3, 0.4) is 0 Å². The van der Waals surface area contributed by atoms with Crippen molar-refractivity contribution in [3.63, 3.8) is 0 Å². The molecule has 0 unspecified atom stereocenters. The number of carbonyl (C=O) groups is 1. The molecule has 2 nitrogen and oxygen atoms in total. The third-order valence-corrected chi connectivity index (χ3v) is 3.19. The summed E-state index contributed by atoms with van der Waals surface area (Å²) in [6, 6.07) is 0.587. The maximum Gasteiger partial charge on any atom is 0.131 e. The van der Waals surface area contributed by atoms with Crippen LogP contribution in [0.25, 0.3) is 0 Å². The fourth-order valence-corrected chi connectivity index (χ4v) is 2.12. The Bertz CT molecular complexity index is 260. The van der Waals surface area contributed by atoms with Crippen molar-refractivity contribution in [1.82, 2.24) is 5.32 Å². The van der Waals surface area contributed by atoms with Gasteiger partial charge in [0.05, 0.1) is 0 Å². The number of nitrogens with one attached hydrogen (secondary N) is 1. The van der Waals surface area contributed by atoms with E-state index in [-0.39, 0.29) is 11.8 Å². The van der Waals surface area contributed by atoms with Crippen LogP contribution >= 0.6 is 15.9 Å². The Morgan fingerprint density at radius 3 is 3.14 bits per heavy atom. The number of ketones is 1. The number of rotatable bonds is 4. The molecule has 2 atom stereocenters. The molecule has 1 N–H and O–H groups in total. The standard InChI is InChI=1S/C11H16BrNO/c1-3-4-9-5-6-10(12)11(13-9)7-8(2)14/h3,6,9,11,13H,1,4-5,7H2,2H3/t9-,11+/m0/s1. The summed E-state index contributed by atoms with van der Waals surface area (Å²) in [5.74, 6) is 0.215. The number of halogens is 1. The average Bonchev–Trinajstić information content (AvgIpc) is 2.10. The molecule has 0 saturated heterocycles. The van der Waals surface area contributed by atoms with E-state index in [1.54, 1.807) is 6.92 Å². The molecule has 0 saturated carbocycles. The first-order chi connectivity index (χ1) is 6.63. The summed E-state index contributed by atoms with van der Waals surface area (Å²) >= 11 is 3.48. The van der Waals surface area contributed by atoms with Gasteiger partial charge in [-0.3, -0.25) is 4.79 Å². The fourth-order valence-electron chi connectivity index (χ4n) is 1.64. The van der Waals surface area contributed by atoms with Gasteiger partial charge in [-0.05, 0) is 19.8 Å². The van der Waals surface area contributed by atoms with Crippen LogP contribution in [0.5, 0.6) is 0 Å². The molecule has 1 aliphatic rings. The van der Waals surface area contributed by atoms with E-state index in [2.05, 4.69) is 33.9 Å². The molecule has 1 rings (SSSR count). The summed E-state index contributed by atoms with van der Waals surface area (Å²) < 4.78 is 1.10. The van der Waals surface area contributed by atoms with E-state index in [1.807, 2.05) is 6.08 Å². The first kappa shape index (κ1) is 11.7. The summed E-state index contributed by atoms with van der Waals surface area (Å²) in [4.78, 5) is 11.0. The SMILES string of the molecule is C=CC[C@H]1CC=C(Br)[C@@H](CC(C)=O)N1. The zero-order chi connectivity index (χ0) is 10.6. The Morgan fingerprint density at radius 2 is 2.57 bits per heavy atom. The van der Waals surface area contributed by atoms with Gasteiger partial charge in [0.15, 0.2) is 0 Å². The Morgan fingerprint density at radius 1 is 1.86 bits per heavy atom. The highest BCUT2D eigenvalue weighted by Crippen LogP contribution is 2.22. The van der Waals surface area contributed by atoms with E-state index < -0.39 is 0 Å². The molecule has 0 fully saturated rings. The molecular weight excluding hydrogens is 242 g/mol. The lowest BCUT2D eigenvalue weighted by Crippen LogP contribution is -2.42. The molecule has 0 radical (unpaired) electrons. The lowest BCUT2D eigenvalue weighted by molar-refractivity contribution is -0.117. The minimum atomic E-state index is 0.159. The van der Waals surface area contributed by atoms with Gasteiger partial charge in [-0.25, -0.2) is 0 Å². The molecule has 0 amide bonds. The van der Waals surface area contributed by atoms with Gasteiger partial charge in [-0.15, -0.1) is 6.58 Å². The van der Waals surface area contributed by atoms with Gasteiger partial charge in [-0.1, -0.05) is 28.1 Å². The van der Waals surface area contributed by atoms with Gasteiger partial charge in [-0.2, -0.15) is 0 Å². The number of Topliss-reactive ketones (excluding diaryl/α,β-unsaturated/α-hetero) is 1. The Balaban J connectivity index is 2.56. The van der Waals surface area contributed by atoms with Crippen molar-refractivity contribution in [1.29, 1.82) is 0 Å². The first-order valence-corrected chi connectivity index (χ1v) is 5.64. The highest BCUT2D eigenvalue weighted by Gasteiger charge is 2.21. The zero-order valence-electron chi connectivity index (χ0n) is 8.42. The molecule has 3 heteroatoms. The topological polar surface area (TPSA) is 29.1 Å². The molecule has 1 heterocycles. The Labute approximate surface area is 93.6 Å². The summed E-state index contributed by atoms with van der Waals surface area (Å²) in [5, 5.41) is 3.43. The third kappa shape index (κ3) is 3.39. The largest absolute Gasteiger partial charge is 0.306 e. The smallest absolute Gasteiger partial charge is 0.131 e. The summed E-state index contributed by atoms with van der Waals surface area (Å²) in [6.07, 6.45) is 6.57.